The molecule has 1 aromatic heterocycles. The fourth-order valence-electron chi connectivity index (χ4n) is 3.34. The highest BCUT2D eigenvalue weighted by Crippen LogP contribution is 2.40. The van der Waals surface area contributed by atoms with Crippen molar-refractivity contribution in [2.24, 2.45) is 5.92 Å². The third-order valence-corrected chi connectivity index (χ3v) is 4.99. The number of halogens is 3. The number of likely N-dealkylation sites (N-methyl/N-ethyl adjacent to an activating group) is 1. The van der Waals surface area contributed by atoms with E-state index in [0.717, 1.165) is 44.8 Å². The first-order chi connectivity index (χ1) is 13.1. The summed E-state index contributed by atoms with van der Waals surface area (Å²) in [6.45, 7) is 4.12. The van der Waals surface area contributed by atoms with Gasteiger partial charge in [0, 0.05) is 44.1 Å². The highest BCUT2D eigenvalue weighted by Gasteiger charge is 2.39. The third-order valence-electron chi connectivity index (χ3n) is 4.99. The maximum absolute atomic E-state index is 12.5. The van der Waals surface area contributed by atoms with Gasteiger partial charge in [-0.1, -0.05) is 5.16 Å². The fourth-order valence-corrected chi connectivity index (χ4v) is 3.34. The average Bonchev–Trinajstić information content (AvgIpc) is 3.26. The number of carbonyl (C=O) groups excluding carboxylic acids is 1. The number of fused-ring (bicyclic) bond motifs is 1. The maximum atomic E-state index is 12.5. The van der Waals surface area contributed by atoms with Crippen LogP contribution in [0.5, 0.6) is 0 Å². The Kier molecular flexibility index (Phi) is 5.94. The summed E-state index contributed by atoms with van der Waals surface area (Å²) in [5, 5.41) is 11.1. The molecule has 3 aliphatic rings. The summed E-state index contributed by atoms with van der Waals surface area (Å²) in [4.78, 5) is 25.6. The van der Waals surface area contributed by atoms with Crippen LogP contribution in [0, 0.1) is 5.92 Å². The van der Waals surface area contributed by atoms with Gasteiger partial charge in [-0.25, -0.2) is 4.79 Å². The Hall–Kier alpha value is -2.14. The van der Waals surface area contributed by atoms with E-state index in [0.29, 0.717) is 24.1 Å². The number of rotatable bonds is 2. The largest absolute Gasteiger partial charge is 0.490 e. The van der Waals surface area contributed by atoms with Crippen LogP contribution in [0.15, 0.2) is 10.6 Å². The number of likely N-dealkylation sites (tertiary alicyclic amines) is 1. The van der Waals surface area contributed by atoms with E-state index in [-0.39, 0.29) is 12.0 Å². The molecule has 0 radical (unpaired) electrons. The molecule has 1 aromatic rings. The van der Waals surface area contributed by atoms with Crippen molar-refractivity contribution in [1.29, 1.82) is 0 Å². The first-order valence-electron chi connectivity index (χ1n) is 9.01. The number of nitrogens with zero attached hydrogens (tertiary/aromatic N) is 3. The molecular formula is C17H22F3N3O5. The Labute approximate surface area is 159 Å². The van der Waals surface area contributed by atoms with Crippen LogP contribution >= 0.6 is 0 Å². The van der Waals surface area contributed by atoms with Crippen molar-refractivity contribution < 1.29 is 37.1 Å². The van der Waals surface area contributed by atoms with E-state index in [2.05, 4.69) is 17.1 Å². The van der Waals surface area contributed by atoms with E-state index in [1.165, 1.54) is 0 Å². The molecule has 1 aliphatic carbocycles. The van der Waals surface area contributed by atoms with Gasteiger partial charge in [-0.15, -0.1) is 0 Å². The van der Waals surface area contributed by atoms with E-state index in [1.54, 1.807) is 0 Å². The molecule has 1 N–H and O–H groups in total. The molecule has 0 bridgehead atoms. The smallest absolute Gasteiger partial charge is 0.475 e. The molecule has 11 heteroatoms. The minimum absolute atomic E-state index is 0.0232. The molecule has 8 nitrogen and oxygen atoms in total. The zero-order chi connectivity index (χ0) is 20.5. The Bertz CT molecular complexity index is 719. The van der Waals surface area contributed by atoms with Gasteiger partial charge in [-0.2, -0.15) is 13.2 Å². The maximum Gasteiger partial charge on any atom is 0.490 e. The van der Waals surface area contributed by atoms with Gasteiger partial charge >= 0.3 is 12.1 Å². The van der Waals surface area contributed by atoms with Gasteiger partial charge in [0.2, 0.25) is 0 Å². The van der Waals surface area contributed by atoms with Gasteiger partial charge < -0.3 is 24.2 Å². The van der Waals surface area contributed by atoms with Gasteiger partial charge in [-0.05, 0) is 19.9 Å². The molecular weight excluding hydrogens is 383 g/mol. The molecule has 2 atom stereocenters. The van der Waals surface area contributed by atoms with Crippen molar-refractivity contribution in [2.75, 3.05) is 39.8 Å². The molecule has 2 aliphatic heterocycles. The molecule has 1 amide bonds. The molecule has 0 spiro atoms. The van der Waals surface area contributed by atoms with Crippen LogP contribution in [0.25, 0.3) is 0 Å². The van der Waals surface area contributed by atoms with Crippen LogP contribution in [0.4, 0.5) is 13.2 Å². The van der Waals surface area contributed by atoms with Crippen molar-refractivity contribution in [3.05, 3.63) is 17.5 Å². The van der Waals surface area contributed by atoms with Crippen LogP contribution in [-0.4, -0.2) is 84.1 Å². The summed E-state index contributed by atoms with van der Waals surface area (Å²) in [6, 6.07) is 1.82. The Morgan fingerprint density at radius 1 is 1.25 bits per heavy atom. The number of hydrogen-bond acceptors (Lipinski definition) is 6. The summed E-state index contributed by atoms with van der Waals surface area (Å²) >= 11 is 0. The minimum Gasteiger partial charge on any atom is -0.475 e. The molecule has 3 fully saturated rings. The first-order valence-corrected chi connectivity index (χ1v) is 9.01. The number of carbonyl (C=O) groups is 2. The second-order valence-corrected chi connectivity index (χ2v) is 7.33. The second-order valence-electron chi connectivity index (χ2n) is 7.33. The molecule has 28 heavy (non-hydrogen) atoms. The lowest BCUT2D eigenvalue weighted by Gasteiger charge is -2.18. The predicted octanol–water partition coefficient (Wildman–Crippen LogP) is 1.59. The number of aliphatic carboxylic acids is 1. The van der Waals surface area contributed by atoms with Gasteiger partial charge in [0.1, 0.15) is 5.76 Å². The van der Waals surface area contributed by atoms with Crippen molar-refractivity contribution in [2.45, 2.75) is 31.0 Å². The highest BCUT2D eigenvalue weighted by molar-refractivity contribution is 5.92. The van der Waals surface area contributed by atoms with E-state index >= 15 is 0 Å². The van der Waals surface area contributed by atoms with Crippen molar-refractivity contribution >= 4 is 11.9 Å². The molecule has 1 saturated carbocycles. The molecule has 0 unspecified atom stereocenters. The monoisotopic (exact) mass is 405 g/mol. The lowest BCUT2D eigenvalue weighted by Crippen LogP contribution is -2.32. The zero-order valence-electron chi connectivity index (χ0n) is 15.3. The number of hydrogen-bond donors (Lipinski definition) is 1. The van der Waals surface area contributed by atoms with Crippen molar-refractivity contribution in [3.63, 3.8) is 0 Å². The van der Waals surface area contributed by atoms with E-state index < -0.39 is 12.1 Å². The van der Waals surface area contributed by atoms with Gasteiger partial charge in [0.15, 0.2) is 5.69 Å². The number of alkyl halides is 3. The van der Waals surface area contributed by atoms with Crippen molar-refractivity contribution in [1.82, 2.24) is 15.0 Å². The lowest BCUT2D eigenvalue weighted by atomic mass is 10.1. The van der Waals surface area contributed by atoms with Gasteiger partial charge in [-0.3, -0.25) is 4.79 Å². The average molecular weight is 405 g/mol. The molecule has 156 valence electrons. The third kappa shape index (κ3) is 5.02. The summed E-state index contributed by atoms with van der Waals surface area (Å²) in [5.41, 5.74) is 0.446. The van der Waals surface area contributed by atoms with Crippen LogP contribution in [0.2, 0.25) is 0 Å². The van der Waals surface area contributed by atoms with Crippen LogP contribution in [0.1, 0.15) is 35.0 Å². The van der Waals surface area contributed by atoms with Crippen LogP contribution in [0.3, 0.4) is 0 Å². The molecule has 3 heterocycles. The predicted molar refractivity (Wildman–Crippen MR) is 88.8 cm³/mol. The Balaban J connectivity index is 0.000000279. The minimum atomic E-state index is -5.08. The SMILES string of the molecule is CN1CCO[C@@H]2CN(C(=O)c3cc(C4CC4)on3)C[C@@H]2C1.O=C(O)C(F)(F)F. The molecule has 2 saturated heterocycles. The number of carboxylic acid groups (broad SMARTS) is 1. The lowest BCUT2D eigenvalue weighted by molar-refractivity contribution is -0.192. The Morgan fingerprint density at radius 2 is 1.93 bits per heavy atom. The van der Waals surface area contributed by atoms with Gasteiger partial charge in [0.25, 0.3) is 5.91 Å². The first kappa shape index (κ1) is 20.6. The van der Waals surface area contributed by atoms with Crippen LogP contribution < -0.4 is 0 Å². The van der Waals surface area contributed by atoms with E-state index in [1.807, 2.05) is 11.0 Å². The molecule has 0 aromatic carbocycles. The van der Waals surface area contributed by atoms with Crippen molar-refractivity contribution in [3.8, 4) is 0 Å². The van der Waals surface area contributed by atoms with Gasteiger partial charge in [0.05, 0.1) is 12.7 Å². The number of ether oxygens (including phenoxy) is 1. The van der Waals surface area contributed by atoms with Crippen LogP contribution in [-0.2, 0) is 9.53 Å². The summed E-state index contributed by atoms with van der Waals surface area (Å²) in [7, 11) is 2.11. The quantitative estimate of drug-likeness (QED) is 0.798. The van der Waals surface area contributed by atoms with E-state index in [4.69, 9.17) is 19.2 Å². The number of aromatic nitrogens is 1. The zero-order valence-corrected chi connectivity index (χ0v) is 15.3. The standard InChI is InChI=1S/C15H21N3O3.C2HF3O2/c1-17-4-5-20-14-9-18(8-11(14)7-17)15(19)12-6-13(21-16-12)10-2-3-10;3-2(4,5)1(6)7/h6,10-11,14H,2-5,7-9H2,1H3;(H,6,7)/t11-,14+;/m0./s1. The highest BCUT2D eigenvalue weighted by atomic mass is 19.4. The normalized spacial score (nSPS) is 25.5. The second kappa shape index (κ2) is 8.08. The molecule has 4 rings (SSSR count). The Morgan fingerprint density at radius 3 is 2.54 bits per heavy atom. The number of amides is 1. The van der Waals surface area contributed by atoms with E-state index in [9.17, 15) is 18.0 Å². The fraction of sp³-hybridized carbons (Fsp3) is 0.706. The summed E-state index contributed by atoms with van der Waals surface area (Å²) in [6.07, 6.45) is -2.62. The summed E-state index contributed by atoms with van der Waals surface area (Å²) < 4.78 is 42.9. The topological polar surface area (TPSA) is 96.1 Å². The number of carboxylic acids is 1. The summed E-state index contributed by atoms with van der Waals surface area (Å²) in [5.74, 6) is -1.03.